The van der Waals surface area contributed by atoms with Crippen LogP contribution in [0, 0.1) is 5.92 Å². The highest BCUT2D eigenvalue weighted by molar-refractivity contribution is 5.13. The van der Waals surface area contributed by atoms with Crippen LogP contribution in [0.2, 0.25) is 0 Å². The summed E-state index contributed by atoms with van der Waals surface area (Å²) < 4.78 is 14.2. The van der Waals surface area contributed by atoms with Crippen LogP contribution in [0.15, 0.2) is 36.5 Å². The van der Waals surface area contributed by atoms with Gasteiger partial charge in [-0.2, -0.15) is 0 Å². The van der Waals surface area contributed by atoms with Gasteiger partial charge in [0.2, 0.25) is 0 Å². The third kappa shape index (κ3) is 3.98. The molecule has 28 heavy (non-hydrogen) atoms. The second-order valence-corrected chi connectivity index (χ2v) is 8.73. The maximum Gasteiger partial charge on any atom is 0.140 e. The smallest absolute Gasteiger partial charge is 0.140 e. The summed E-state index contributed by atoms with van der Waals surface area (Å²) in [6, 6.07) is 11.1. The molecule has 1 aliphatic carbocycles. The van der Waals surface area contributed by atoms with Gasteiger partial charge in [0.05, 0.1) is 26.4 Å². The summed E-state index contributed by atoms with van der Waals surface area (Å²) in [6.07, 6.45) is 5.15. The Balaban J connectivity index is 1.17. The first-order valence-electron chi connectivity index (χ1n) is 10.6. The molecule has 0 amide bonds. The zero-order valence-electron chi connectivity index (χ0n) is 16.5. The summed E-state index contributed by atoms with van der Waals surface area (Å²) in [5.41, 5.74) is 2.36. The molecule has 5 atom stereocenters. The van der Waals surface area contributed by atoms with Crippen LogP contribution in [-0.4, -0.2) is 60.0 Å². The lowest BCUT2D eigenvalue weighted by Gasteiger charge is -2.15. The van der Waals surface area contributed by atoms with Crippen LogP contribution < -0.4 is 10.2 Å². The Morgan fingerprint density at radius 3 is 2.75 bits per heavy atom. The van der Waals surface area contributed by atoms with E-state index in [1.54, 1.807) is 0 Å². The molecule has 3 heterocycles. The molecule has 7 heteroatoms. The van der Waals surface area contributed by atoms with E-state index in [0.29, 0.717) is 12.6 Å². The van der Waals surface area contributed by atoms with Gasteiger partial charge < -0.3 is 19.7 Å². The van der Waals surface area contributed by atoms with Crippen LogP contribution in [-0.2, 0) is 22.6 Å². The van der Waals surface area contributed by atoms with Crippen molar-refractivity contribution in [1.29, 1.82) is 0 Å². The third-order valence-corrected chi connectivity index (χ3v) is 6.26. The summed E-state index contributed by atoms with van der Waals surface area (Å²) in [5, 5.41) is 11.3. The van der Waals surface area contributed by atoms with Gasteiger partial charge in [-0.25, -0.2) is 4.68 Å². The van der Waals surface area contributed by atoms with Crippen molar-refractivity contribution in [1.82, 2.24) is 15.0 Å². The SMILES string of the molecule is C[NH+](Cc1ccccc1)Cc1cn([C@H]2CO[C@H]3[C@@H]2OC[C@@H]3[NH2+]CC2CC2)nn1. The van der Waals surface area contributed by atoms with Crippen molar-refractivity contribution < 1.29 is 19.7 Å². The van der Waals surface area contributed by atoms with E-state index >= 15 is 0 Å². The Bertz CT molecular complexity index is 778. The van der Waals surface area contributed by atoms with Gasteiger partial charge in [-0.3, -0.25) is 0 Å². The van der Waals surface area contributed by atoms with Gasteiger partial charge in [-0.1, -0.05) is 35.5 Å². The molecule has 7 nitrogen and oxygen atoms in total. The lowest BCUT2D eigenvalue weighted by atomic mass is 10.1. The van der Waals surface area contributed by atoms with Crippen molar-refractivity contribution in [2.24, 2.45) is 5.92 Å². The van der Waals surface area contributed by atoms with Crippen molar-refractivity contribution >= 4 is 0 Å². The Kier molecular flexibility index (Phi) is 5.15. The van der Waals surface area contributed by atoms with Crippen molar-refractivity contribution in [3.63, 3.8) is 0 Å². The lowest BCUT2D eigenvalue weighted by Crippen LogP contribution is -3.06. The van der Waals surface area contributed by atoms with Gasteiger partial charge in [0.15, 0.2) is 0 Å². The number of hydrogen-bond donors (Lipinski definition) is 2. The van der Waals surface area contributed by atoms with Crippen molar-refractivity contribution in [2.45, 2.75) is 50.2 Å². The van der Waals surface area contributed by atoms with Crippen LogP contribution >= 0.6 is 0 Å². The van der Waals surface area contributed by atoms with Crippen LogP contribution in [0.1, 0.15) is 30.1 Å². The number of quaternary nitrogens is 2. The molecular weight excluding hydrogens is 354 g/mol. The zero-order chi connectivity index (χ0) is 18.9. The van der Waals surface area contributed by atoms with Gasteiger partial charge in [0.1, 0.15) is 49.7 Å². The minimum Gasteiger partial charge on any atom is -0.367 e. The van der Waals surface area contributed by atoms with Gasteiger partial charge >= 0.3 is 0 Å². The number of ether oxygens (including phenoxy) is 2. The topological polar surface area (TPSA) is 70.2 Å². The van der Waals surface area contributed by atoms with E-state index in [2.05, 4.69) is 59.2 Å². The van der Waals surface area contributed by atoms with E-state index in [1.165, 1.54) is 29.8 Å². The molecular formula is C21H31N5O2+2. The van der Waals surface area contributed by atoms with Crippen LogP contribution in [0.3, 0.4) is 0 Å². The first kappa shape index (κ1) is 18.2. The molecule has 1 unspecified atom stereocenters. The first-order valence-corrected chi connectivity index (χ1v) is 10.6. The van der Waals surface area contributed by atoms with E-state index in [-0.39, 0.29) is 18.2 Å². The number of aromatic nitrogens is 3. The van der Waals surface area contributed by atoms with Crippen LogP contribution in [0.25, 0.3) is 0 Å². The standard InChI is InChI=1S/C21H29N5O2/c1-25(10-16-5-3-2-4-6-16)11-17-12-26(24-23-17)19-14-28-20-18(13-27-21(19)20)22-9-15-7-8-15/h2-6,12,15,18-22H,7-11,13-14H2,1H3/p+2/t18-,19-,20+,21+/m0/s1. The molecule has 0 radical (unpaired) electrons. The first-order chi connectivity index (χ1) is 13.8. The zero-order valence-corrected chi connectivity index (χ0v) is 16.5. The number of benzene rings is 1. The van der Waals surface area contributed by atoms with Gasteiger partial charge in [-0.15, -0.1) is 5.10 Å². The van der Waals surface area contributed by atoms with Crippen LogP contribution in [0.5, 0.6) is 0 Å². The fourth-order valence-electron chi connectivity index (χ4n) is 4.53. The predicted molar refractivity (Wildman–Crippen MR) is 103 cm³/mol. The van der Waals surface area contributed by atoms with Crippen molar-refractivity contribution in [2.75, 3.05) is 26.8 Å². The van der Waals surface area contributed by atoms with E-state index in [9.17, 15) is 0 Å². The Morgan fingerprint density at radius 2 is 1.93 bits per heavy atom. The molecule has 5 rings (SSSR count). The molecule has 1 saturated carbocycles. The number of nitrogens with two attached hydrogens (primary N) is 1. The summed E-state index contributed by atoms with van der Waals surface area (Å²) in [5.74, 6) is 0.921. The third-order valence-electron chi connectivity index (χ3n) is 6.26. The highest BCUT2D eigenvalue weighted by Gasteiger charge is 2.51. The Morgan fingerprint density at radius 1 is 1.11 bits per heavy atom. The average molecular weight is 386 g/mol. The fraction of sp³-hybridized carbons (Fsp3) is 0.619. The van der Waals surface area contributed by atoms with E-state index in [4.69, 9.17) is 9.47 Å². The molecule has 2 aromatic rings. The largest absolute Gasteiger partial charge is 0.367 e. The number of hydrogen-bond acceptors (Lipinski definition) is 4. The van der Waals surface area contributed by atoms with Gasteiger partial charge in [-0.05, 0) is 12.8 Å². The molecule has 2 saturated heterocycles. The second kappa shape index (κ2) is 7.91. The number of fused-ring (bicyclic) bond motifs is 1. The maximum atomic E-state index is 6.13. The quantitative estimate of drug-likeness (QED) is 0.623. The van der Waals surface area contributed by atoms with E-state index in [1.807, 2.05) is 4.68 Å². The molecule has 3 aliphatic rings. The monoisotopic (exact) mass is 385 g/mol. The molecule has 0 spiro atoms. The number of nitrogens with one attached hydrogen (secondary N) is 1. The summed E-state index contributed by atoms with van der Waals surface area (Å²) in [4.78, 5) is 1.39. The summed E-state index contributed by atoms with van der Waals surface area (Å²) >= 11 is 0. The van der Waals surface area contributed by atoms with Crippen LogP contribution in [0.4, 0.5) is 0 Å². The molecule has 3 N–H and O–H groups in total. The molecule has 3 fully saturated rings. The van der Waals surface area contributed by atoms with Gasteiger partial charge in [0.25, 0.3) is 0 Å². The normalized spacial score (nSPS) is 30.5. The van der Waals surface area contributed by atoms with Crippen molar-refractivity contribution in [3.8, 4) is 0 Å². The maximum absolute atomic E-state index is 6.13. The minimum absolute atomic E-state index is 0.101. The predicted octanol–water partition coefficient (Wildman–Crippen LogP) is -0.826. The Hall–Kier alpha value is -1.80. The minimum atomic E-state index is 0.101. The highest BCUT2D eigenvalue weighted by atomic mass is 16.6. The van der Waals surface area contributed by atoms with E-state index in [0.717, 1.165) is 31.3 Å². The second-order valence-electron chi connectivity index (χ2n) is 8.73. The molecule has 150 valence electrons. The summed E-state index contributed by atoms with van der Waals surface area (Å²) in [7, 11) is 2.20. The van der Waals surface area contributed by atoms with E-state index < -0.39 is 0 Å². The summed E-state index contributed by atoms with van der Waals surface area (Å²) in [6.45, 7) is 4.50. The van der Waals surface area contributed by atoms with Gasteiger partial charge in [0, 0.05) is 11.5 Å². The number of rotatable bonds is 8. The highest BCUT2D eigenvalue weighted by Crippen LogP contribution is 2.33. The molecule has 1 aromatic heterocycles. The fourth-order valence-corrected chi connectivity index (χ4v) is 4.53. The van der Waals surface area contributed by atoms with Crippen molar-refractivity contribution in [3.05, 3.63) is 47.8 Å². The average Bonchev–Trinajstić information content (AvgIpc) is 3.08. The molecule has 1 aromatic carbocycles. The molecule has 2 aliphatic heterocycles. The lowest BCUT2D eigenvalue weighted by molar-refractivity contribution is -0.908. The Labute approximate surface area is 166 Å². The molecule has 0 bridgehead atoms. The number of nitrogens with zero attached hydrogens (tertiary/aromatic N) is 3.